The molecule has 0 aliphatic rings. The molecule has 0 aliphatic carbocycles. The second kappa shape index (κ2) is 5.21. The molecule has 86 valence electrons. The first-order valence-corrected chi connectivity index (χ1v) is 5.35. The van der Waals surface area contributed by atoms with Gasteiger partial charge in [-0.25, -0.2) is 9.97 Å². The van der Waals surface area contributed by atoms with Gasteiger partial charge in [-0.3, -0.25) is 4.79 Å². The number of aryl methyl sites for hydroxylation is 1. The summed E-state index contributed by atoms with van der Waals surface area (Å²) in [7, 11) is 0. The SMILES string of the molecule is Cc1ccc(CNC(=O)c2ccncn2)cc1. The van der Waals surface area contributed by atoms with Gasteiger partial charge >= 0.3 is 0 Å². The van der Waals surface area contributed by atoms with E-state index >= 15 is 0 Å². The number of carbonyl (C=O) groups is 1. The van der Waals surface area contributed by atoms with Gasteiger partial charge in [0, 0.05) is 12.7 Å². The maximum Gasteiger partial charge on any atom is 0.270 e. The number of nitrogens with zero attached hydrogens (tertiary/aromatic N) is 2. The third kappa shape index (κ3) is 3.11. The Hall–Kier alpha value is -2.23. The van der Waals surface area contributed by atoms with Gasteiger partial charge in [0.05, 0.1) is 0 Å². The molecular formula is C13H13N3O. The average molecular weight is 227 g/mol. The fourth-order valence-electron chi connectivity index (χ4n) is 1.40. The number of carbonyl (C=O) groups excluding carboxylic acids is 1. The molecule has 0 radical (unpaired) electrons. The van der Waals surface area contributed by atoms with E-state index < -0.39 is 0 Å². The summed E-state index contributed by atoms with van der Waals surface area (Å²) in [6.45, 7) is 2.53. The molecule has 0 fully saturated rings. The average Bonchev–Trinajstić information content (AvgIpc) is 2.39. The Kier molecular flexibility index (Phi) is 3.45. The van der Waals surface area contributed by atoms with Crippen LogP contribution in [0.4, 0.5) is 0 Å². The Balaban J connectivity index is 1.95. The summed E-state index contributed by atoms with van der Waals surface area (Å²) in [5.74, 6) is -0.187. The molecular weight excluding hydrogens is 214 g/mol. The smallest absolute Gasteiger partial charge is 0.270 e. The van der Waals surface area contributed by atoms with E-state index in [1.165, 1.54) is 11.9 Å². The fourth-order valence-corrected chi connectivity index (χ4v) is 1.40. The zero-order valence-electron chi connectivity index (χ0n) is 9.55. The third-order valence-electron chi connectivity index (χ3n) is 2.39. The van der Waals surface area contributed by atoms with Crippen LogP contribution in [0.25, 0.3) is 0 Å². The number of nitrogens with one attached hydrogen (secondary N) is 1. The quantitative estimate of drug-likeness (QED) is 0.868. The molecule has 4 nitrogen and oxygen atoms in total. The van der Waals surface area contributed by atoms with Crippen LogP contribution in [0.3, 0.4) is 0 Å². The number of benzene rings is 1. The zero-order chi connectivity index (χ0) is 12.1. The summed E-state index contributed by atoms with van der Waals surface area (Å²) < 4.78 is 0. The van der Waals surface area contributed by atoms with Crippen molar-refractivity contribution in [3.8, 4) is 0 Å². The molecule has 0 aliphatic heterocycles. The first-order chi connectivity index (χ1) is 8.25. The molecule has 1 aromatic carbocycles. The number of hydrogen-bond donors (Lipinski definition) is 1. The lowest BCUT2D eigenvalue weighted by molar-refractivity contribution is 0.0945. The van der Waals surface area contributed by atoms with E-state index in [4.69, 9.17) is 0 Å². The molecule has 2 aromatic rings. The molecule has 0 spiro atoms. The van der Waals surface area contributed by atoms with Crippen molar-refractivity contribution in [3.63, 3.8) is 0 Å². The van der Waals surface area contributed by atoms with Crippen molar-refractivity contribution in [2.24, 2.45) is 0 Å². The van der Waals surface area contributed by atoms with Crippen LogP contribution in [-0.4, -0.2) is 15.9 Å². The van der Waals surface area contributed by atoms with E-state index in [1.54, 1.807) is 12.3 Å². The van der Waals surface area contributed by atoms with Crippen molar-refractivity contribution < 1.29 is 4.79 Å². The molecule has 1 amide bonds. The van der Waals surface area contributed by atoms with E-state index in [2.05, 4.69) is 15.3 Å². The van der Waals surface area contributed by atoms with Crippen LogP contribution in [0.2, 0.25) is 0 Å². The van der Waals surface area contributed by atoms with E-state index in [9.17, 15) is 4.79 Å². The zero-order valence-corrected chi connectivity index (χ0v) is 9.55. The van der Waals surface area contributed by atoms with E-state index in [1.807, 2.05) is 31.2 Å². The van der Waals surface area contributed by atoms with Gasteiger partial charge < -0.3 is 5.32 Å². The highest BCUT2D eigenvalue weighted by atomic mass is 16.1. The molecule has 1 aromatic heterocycles. The lowest BCUT2D eigenvalue weighted by Crippen LogP contribution is -2.23. The van der Waals surface area contributed by atoms with Gasteiger partial charge in [0.25, 0.3) is 5.91 Å². The number of aromatic nitrogens is 2. The molecule has 0 saturated carbocycles. The third-order valence-corrected chi connectivity index (χ3v) is 2.39. The molecule has 17 heavy (non-hydrogen) atoms. The summed E-state index contributed by atoms with van der Waals surface area (Å²) in [6, 6.07) is 9.62. The minimum atomic E-state index is -0.187. The van der Waals surface area contributed by atoms with E-state index in [0.717, 1.165) is 5.56 Å². The number of amides is 1. The number of hydrogen-bond acceptors (Lipinski definition) is 3. The van der Waals surface area contributed by atoms with Gasteiger partial charge in [0.15, 0.2) is 0 Å². The second-order valence-electron chi connectivity index (χ2n) is 3.76. The van der Waals surface area contributed by atoms with Gasteiger partial charge in [-0.1, -0.05) is 29.8 Å². The van der Waals surface area contributed by atoms with Crippen molar-refractivity contribution in [2.75, 3.05) is 0 Å². The van der Waals surface area contributed by atoms with Crippen LogP contribution in [-0.2, 0) is 6.54 Å². The molecule has 0 saturated heterocycles. The second-order valence-corrected chi connectivity index (χ2v) is 3.76. The minimum absolute atomic E-state index is 0.187. The van der Waals surface area contributed by atoms with Gasteiger partial charge in [-0.2, -0.15) is 0 Å². The van der Waals surface area contributed by atoms with Gasteiger partial charge in [0.1, 0.15) is 12.0 Å². The highest BCUT2D eigenvalue weighted by Crippen LogP contribution is 2.02. The van der Waals surface area contributed by atoms with Crippen LogP contribution in [0.5, 0.6) is 0 Å². The summed E-state index contributed by atoms with van der Waals surface area (Å²) in [5.41, 5.74) is 2.65. The van der Waals surface area contributed by atoms with Gasteiger partial charge in [-0.15, -0.1) is 0 Å². The predicted octanol–water partition coefficient (Wildman–Crippen LogP) is 1.72. The summed E-state index contributed by atoms with van der Waals surface area (Å²) in [4.78, 5) is 19.3. The largest absolute Gasteiger partial charge is 0.347 e. The van der Waals surface area contributed by atoms with Gasteiger partial charge in [0.2, 0.25) is 0 Å². The molecule has 0 atom stereocenters. The standard InChI is InChI=1S/C13H13N3O/c1-10-2-4-11(5-3-10)8-15-13(17)12-6-7-14-9-16-12/h2-7,9H,8H2,1H3,(H,15,17). The Bertz CT molecular complexity index is 494. The Morgan fingerprint density at radius 1 is 1.24 bits per heavy atom. The summed E-state index contributed by atoms with van der Waals surface area (Å²) in [5, 5.41) is 2.81. The first-order valence-electron chi connectivity index (χ1n) is 5.35. The summed E-state index contributed by atoms with van der Waals surface area (Å²) in [6.07, 6.45) is 2.91. The molecule has 2 rings (SSSR count). The van der Waals surface area contributed by atoms with E-state index in [0.29, 0.717) is 12.2 Å². The fraction of sp³-hybridized carbons (Fsp3) is 0.154. The van der Waals surface area contributed by atoms with E-state index in [-0.39, 0.29) is 5.91 Å². The van der Waals surface area contributed by atoms with Crippen LogP contribution < -0.4 is 5.32 Å². The number of rotatable bonds is 3. The Labute approximate surface area is 99.7 Å². The first kappa shape index (κ1) is 11.3. The van der Waals surface area contributed by atoms with Crippen LogP contribution in [0.1, 0.15) is 21.6 Å². The predicted molar refractivity (Wildman–Crippen MR) is 64.4 cm³/mol. The van der Waals surface area contributed by atoms with Crippen molar-refractivity contribution in [2.45, 2.75) is 13.5 Å². The highest BCUT2D eigenvalue weighted by Gasteiger charge is 2.05. The van der Waals surface area contributed by atoms with Gasteiger partial charge in [-0.05, 0) is 18.6 Å². The minimum Gasteiger partial charge on any atom is -0.347 e. The summed E-state index contributed by atoms with van der Waals surface area (Å²) >= 11 is 0. The lowest BCUT2D eigenvalue weighted by Gasteiger charge is -2.04. The molecule has 0 bridgehead atoms. The van der Waals surface area contributed by atoms with Crippen molar-refractivity contribution in [1.82, 2.24) is 15.3 Å². The monoisotopic (exact) mass is 227 g/mol. The normalized spacial score (nSPS) is 9.94. The lowest BCUT2D eigenvalue weighted by atomic mass is 10.1. The van der Waals surface area contributed by atoms with Crippen LogP contribution in [0, 0.1) is 6.92 Å². The maximum absolute atomic E-state index is 11.7. The molecule has 1 heterocycles. The van der Waals surface area contributed by atoms with Crippen molar-refractivity contribution in [1.29, 1.82) is 0 Å². The molecule has 0 unspecified atom stereocenters. The highest BCUT2D eigenvalue weighted by molar-refractivity contribution is 5.91. The van der Waals surface area contributed by atoms with Crippen molar-refractivity contribution >= 4 is 5.91 Å². The van der Waals surface area contributed by atoms with Crippen LogP contribution >= 0.6 is 0 Å². The maximum atomic E-state index is 11.7. The molecule has 1 N–H and O–H groups in total. The molecule has 4 heteroatoms. The topological polar surface area (TPSA) is 54.9 Å². The van der Waals surface area contributed by atoms with Crippen molar-refractivity contribution in [3.05, 3.63) is 59.7 Å². The van der Waals surface area contributed by atoms with Crippen LogP contribution in [0.15, 0.2) is 42.9 Å². The Morgan fingerprint density at radius 3 is 2.65 bits per heavy atom. The Morgan fingerprint density at radius 2 is 2.00 bits per heavy atom.